The molecule has 0 spiro atoms. The fourth-order valence-electron chi connectivity index (χ4n) is 2.66. The van der Waals surface area contributed by atoms with Crippen molar-refractivity contribution >= 4 is 21.6 Å². The molecular weight excluding hydrogens is 321 g/mol. The van der Waals surface area contributed by atoms with Gasteiger partial charge < -0.3 is 5.32 Å². The van der Waals surface area contributed by atoms with Crippen molar-refractivity contribution in [1.82, 2.24) is 9.78 Å². The average molecular weight is 338 g/mol. The molecule has 106 valence electrons. The molecule has 3 nitrogen and oxygen atoms in total. The number of halogens is 2. The number of benzene rings is 1. The van der Waals surface area contributed by atoms with Crippen LogP contribution in [0.3, 0.4) is 0 Å². The minimum Gasteiger partial charge on any atom is -0.378 e. The molecule has 0 amide bonds. The van der Waals surface area contributed by atoms with E-state index >= 15 is 0 Å². The van der Waals surface area contributed by atoms with E-state index in [4.69, 9.17) is 0 Å². The molecule has 0 unspecified atom stereocenters. The Labute approximate surface area is 126 Å². The smallest absolute Gasteiger partial charge is 0.124 e. The van der Waals surface area contributed by atoms with Crippen LogP contribution in [-0.2, 0) is 6.54 Å². The Morgan fingerprint density at radius 1 is 1.30 bits per heavy atom. The Hall–Kier alpha value is -1.36. The second-order valence-corrected chi connectivity index (χ2v) is 6.06. The van der Waals surface area contributed by atoms with Crippen molar-refractivity contribution in [2.45, 2.75) is 38.3 Å². The van der Waals surface area contributed by atoms with E-state index in [-0.39, 0.29) is 5.82 Å². The SMILES string of the molecule is Fc1ccc(NCc2ccn(C3CCCC3)n2)c(Br)c1. The first-order valence-corrected chi connectivity index (χ1v) is 7.74. The Bertz CT molecular complexity index is 591. The Morgan fingerprint density at radius 3 is 2.85 bits per heavy atom. The lowest BCUT2D eigenvalue weighted by Gasteiger charge is -2.09. The van der Waals surface area contributed by atoms with Gasteiger partial charge in [0.05, 0.1) is 18.3 Å². The van der Waals surface area contributed by atoms with Gasteiger partial charge >= 0.3 is 0 Å². The topological polar surface area (TPSA) is 29.9 Å². The monoisotopic (exact) mass is 337 g/mol. The number of hydrogen-bond donors (Lipinski definition) is 1. The predicted molar refractivity (Wildman–Crippen MR) is 81.2 cm³/mol. The van der Waals surface area contributed by atoms with Crippen molar-refractivity contribution in [1.29, 1.82) is 0 Å². The summed E-state index contributed by atoms with van der Waals surface area (Å²) in [6, 6.07) is 7.25. The van der Waals surface area contributed by atoms with Crippen LogP contribution in [0, 0.1) is 5.82 Å². The lowest BCUT2D eigenvalue weighted by molar-refractivity contribution is 0.463. The van der Waals surface area contributed by atoms with Gasteiger partial charge in [-0.05, 0) is 53.0 Å². The van der Waals surface area contributed by atoms with E-state index in [1.54, 1.807) is 6.07 Å². The molecule has 1 N–H and O–H groups in total. The van der Waals surface area contributed by atoms with Crippen LogP contribution in [0.25, 0.3) is 0 Å². The molecule has 1 aliphatic rings. The lowest BCUT2D eigenvalue weighted by atomic mass is 10.3. The maximum atomic E-state index is 13.0. The summed E-state index contributed by atoms with van der Waals surface area (Å²) in [5.74, 6) is -0.243. The van der Waals surface area contributed by atoms with Gasteiger partial charge in [0.2, 0.25) is 0 Å². The number of anilines is 1. The molecule has 0 bridgehead atoms. The molecule has 1 aromatic heterocycles. The van der Waals surface area contributed by atoms with Crippen molar-refractivity contribution < 1.29 is 4.39 Å². The van der Waals surface area contributed by atoms with Crippen LogP contribution < -0.4 is 5.32 Å². The third kappa shape index (κ3) is 3.03. The maximum Gasteiger partial charge on any atom is 0.124 e. The van der Waals surface area contributed by atoms with E-state index < -0.39 is 0 Å². The molecule has 2 aromatic rings. The molecule has 20 heavy (non-hydrogen) atoms. The highest BCUT2D eigenvalue weighted by Gasteiger charge is 2.17. The first kappa shape index (κ1) is 13.6. The summed E-state index contributed by atoms with van der Waals surface area (Å²) in [6.07, 6.45) is 7.14. The van der Waals surface area contributed by atoms with Crippen molar-refractivity contribution in [3.05, 3.63) is 46.4 Å². The lowest BCUT2D eigenvalue weighted by Crippen LogP contribution is -2.07. The number of rotatable bonds is 4. The summed E-state index contributed by atoms with van der Waals surface area (Å²) < 4.78 is 15.8. The van der Waals surface area contributed by atoms with E-state index in [9.17, 15) is 4.39 Å². The normalized spacial score (nSPS) is 15.7. The third-order valence-corrected chi connectivity index (χ3v) is 4.41. The molecule has 1 saturated carbocycles. The summed E-state index contributed by atoms with van der Waals surface area (Å²) in [4.78, 5) is 0. The average Bonchev–Trinajstić information content (AvgIpc) is 3.08. The van der Waals surface area contributed by atoms with Crippen molar-refractivity contribution in [3.8, 4) is 0 Å². The highest BCUT2D eigenvalue weighted by Crippen LogP contribution is 2.29. The number of hydrogen-bond acceptors (Lipinski definition) is 2. The summed E-state index contributed by atoms with van der Waals surface area (Å²) in [5.41, 5.74) is 1.88. The summed E-state index contributed by atoms with van der Waals surface area (Å²) >= 11 is 3.35. The van der Waals surface area contributed by atoms with E-state index in [2.05, 4.69) is 37.2 Å². The molecule has 1 aliphatic carbocycles. The zero-order chi connectivity index (χ0) is 13.9. The van der Waals surface area contributed by atoms with Crippen LogP contribution in [0.2, 0.25) is 0 Å². The van der Waals surface area contributed by atoms with Gasteiger partial charge in [-0.3, -0.25) is 4.68 Å². The number of nitrogens with one attached hydrogen (secondary N) is 1. The molecule has 0 aliphatic heterocycles. The second-order valence-electron chi connectivity index (χ2n) is 5.20. The number of nitrogens with zero attached hydrogens (tertiary/aromatic N) is 2. The number of aromatic nitrogens is 2. The third-order valence-electron chi connectivity index (χ3n) is 3.75. The molecule has 0 atom stereocenters. The van der Waals surface area contributed by atoms with Crippen LogP contribution in [-0.4, -0.2) is 9.78 Å². The fraction of sp³-hybridized carbons (Fsp3) is 0.400. The first-order chi connectivity index (χ1) is 9.72. The van der Waals surface area contributed by atoms with Crippen LogP contribution in [0.1, 0.15) is 37.4 Å². The zero-order valence-electron chi connectivity index (χ0n) is 11.1. The van der Waals surface area contributed by atoms with Crippen molar-refractivity contribution in [2.75, 3.05) is 5.32 Å². The maximum absolute atomic E-state index is 13.0. The molecule has 0 saturated heterocycles. The van der Waals surface area contributed by atoms with Gasteiger partial charge in [-0.15, -0.1) is 0 Å². The summed E-state index contributed by atoms with van der Waals surface area (Å²) in [5, 5.41) is 7.89. The van der Waals surface area contributed by atoms with Gasteiger partial charge in [0.15, 0.2) is 0 Å². The second kappa shape index (κ2) is 5.95. The van der Waals surface area contributed by atoms with E-state index in [1.165, 1.54) is 37.8 Å². The molecule has 1 heterocycles. The van der Waals surface area contributed by atoms with Gasteiger partial charge in [0.25, 0.3) is 0 Å². The minimum absolute atomic E-state index is 0.243. The zero-order valence-corrected chi connectivity index (χ0v) is 12.7. The van der Waals surface area contributed by atoms with E-state index in [0.717, 1.165) is 15.9 Å². The summed E-state index contributed by atoms with van der Waals surface area (Å²) in [6.45, 7) is 0.643. The first-order valence-electron chi connectivity index (χ1n) is 6.95. The highest BCUT2D eigenvalue weighted by molar-refractivity contribution is 9.10. The van der Waals surface area contributed by atoms with Crippen LogP contribution >= 0.6 is 15.9 Å². The molecule has 0 radical (unpaired) electrons. The Balaban J connectivity index is 1.63. The standard InChI is InChI=1S/C15H17BrFN3/c16-14-9-11(17)5-6-15(14)18-10-12-7-8-20(19-12)13-3-1-2-4-13/h5-9,13,18H,1-4,10H2. The van der Waals surface area contributed by atoms with Gasteiger partial charge in [-0.25, -0.2) is 4.39 Å². The van der Waals surface area contributed by atoms with Gasteiger partial charge in [-0.1, -0.05) is 12.8 Å². The molecular formula is C15H17BrFN3. The Morgan fingerprint density at radius 2 is 2.10 bits per heavy atom. The quantitative estimate of drug-likeness (QED) is 0.889. The fourth-order valence-corrected chi connectivity index (χ4v) is 3.15. The van der Waals surface area contributed by atoms with Crippen LogP contribution in [0.15, 0.2) is 34.9 Å². The summed E-state index contributed by atoms with van der Waals surface area (Å²) in [7, 11) is 0. The van der Waals surface area contributed by atoms with Crippen molar-refractivity contribution in [2.24, 2.45) is 0 Å². The highest BCUT2D eigenvalue weighted by atomic mass is 79.9. The van der Waals surface area contributed by atoms with Gasteiger partial charge in [-0.2, -0.15) is 5.10 Å². The van der Waals surface area contributed by atoms with E-state index in [0.29, 0.717) is 12.6 Å². The van der Waals surface area contributed by atoms with Gasteiger partial charge in [0, 0.05) is 16.4 Å². The van der Waals surface area contributed by atoms with E-state index in [1.807, 2.05) is 6.07 Å². The van der Waals surface area contributed by atoms with Crippen LogP contribution in [0.4, 0.5) is 10.1 Å². The Kier molecular flexibility index (Phi) is 4.05. The van der Waals surface area contributed by atoms with Crippen LogP contribution in [0.5, 0.6) is 0 Å². The molecule has 3 rings (SSSR count). The minimum atomic E-state index is -0.243. The predicted octanol–water partition coefficient (Wildman–Crippen LogP) is 4.51. The molecule has 1 fully saturated rings. The van der Waals surface area contributed by atoms with Crippen molar-refractivity contribution in [3.63, 3.8) is 0 Å². The largest absolute Gasteiger partial charge is 0.378 e. The molecule has 1 aromatic carbocycles. The van der Waals surface area contributed by atoms with Gasteiger partial charge in [0.1, 0.15) is 5.82 Å². The molecule has 5 heteroatoms.